The van der Waals surface area contributed by atoms with Gasteiger partial charge in [0.1, 0.15) is 6.04 Å². The number of hydrogen-bond donors (Lipinski definition) is 3. The Morgan fingerprint density at radius 2 is 2.00 bits per heavy atom. The summed E-state index contributed by atoms with van der Waals surface area (Å²) in [6, 6.07) is -1.30. The maximum absolute atomic E-state index is 11.9. The van der Waals surface area contributed by atoms with E-state index in [-0.39, 0.29) is 12.1 Å². The first-order valence-electron chi connectivity index (χ1n) is 6.61. The van der Waals surface area contributed by atoms with Crippen molar-refractivity contribution in [1.82, 2.24) is 10.6 Å². The van der Waals surface area contributed by atoms with Gasteiger partial charge in [-0.15, -0.1) is 0 Å². The molecule has 1 heterocycles. The summed E-state index contributed by atoms with van der Waals surface area (Å²) in [7, 11) is 0. The summed E-state index contributed by atoms with van der Waals surface area (Å²) in [5, 5.41) is 14.5. The lowest BCUT2D eigenvalue weighted by Crippen LogP contribution is -2.54. The molecule has 0 aliphatic carbocycles. The smallest absolute Gasteiger partial charge is 0.326 e. The molecule has 1 saturated heterocycles. The molecule has 0 aromatic heterocycles. The third-order valence-electron chi connectivity index (χ3n) is 3.21. The fourth-order valence-corrected chi connectivity index (χ4v) is 2.14. The number of urea groups is 1. The second-order valence-corrected chi connectivity index (χ2v) is 6.16. The average molecular weight is 272 g/mol. The third-order valence-corrected chi connectivity index (χ3v) is 3.21. The lowest BCUT2D eigenvalue weighted by atomic mass is 9.87. The van der Waals surface area contributed by atoms with Gasteiger partial charge in [-0.2, -0.15) is 0 Å². The molecule has 19 heavy (non-hydrogen) atoms. The zero-order valence-electron chi connectivity index (χ0n) is 12.0. The van der Waals surface area contributed by atoms with Gasteiger partial charge >= 0.3 is 12.0 Å². The molecular formula is C13H24N2O4. The van der Waals surface area contributed by atoms with Gasteiger partial charge in [0.2, 0.25) is 0 Å². The monoisotopic (exact) mass is 272 g/mol. The molecule has 3 N–H and O–H groups in total. The molecular weight excluding hydrogens is 248 g/mol. The highest BCUT2D eigenvalue weighted by Gasteiger charge is 2.33. The fraction of sp³-hybridized carbons (Fsp3) is 0.846. The first-order chi connectivity index (χ1) is 8.70. The predicted octanol–water partition coefficient (Wildman–Crippen LogP) is 1.35. The topological polar surface area (TPSA) is 87.7 Å². The molecule has 1 fully saturated rings. The Labute approximate surface area is 113 Å². The minimum atomic E-state index is -1.03. The average Bonchev–Trinajstić information content (AvgIpc) is 2.24. The zero-order chi connectivity index (χ0) is 14.6. The van der Waals surface area contributed by atoms with Crippen molar-refractivity contribution in [2.45, 2.75) is 58.7 Å². The summed E-state index contributed by atoms with van der Waals surface area (Å²) in [6.45, 7) is 7.92. The number of hydrogen-bond acceptors (Lipinski definition) is 3. The normalized spacial score (nSPS) is 25.5. The predicted molar refractivity (Wildman–Crippen MR) is 71.0 cm³/mol. The van der Waals surface area contributed by atoms with Crippen molar-refractivity contribution < 1.29 is 19.4 Å². The van der Waals surface area contributed by atoms with E-state index in [1.165, 1.54) is 0 Å². The number of rotatable bonds is 3. The largest absolute Gasteiger partial charge is 0.480 e. The minimum Gasteiger partial charge on any atom is -0.480 e. The van der Waals surface area contributed by atoms with E-state index >= 15 is 0 Å². The highest BCUT2D eigenvalue weighted by Crippen LogP contribution is 2.19. The Morgan fingerprint density at radius 1 is 1.37 bits per heavy atom. The minimum absolute atomic E-state index is 0.0400. The number of aliphatic carboxylic acids is 1. The Morgan fingerprint density at radius 3 is 2.47 bits per heavy atom. The van der Waals surface area contributed by atoms with Crippen LogP contribution in [0.5, 0.6) is 0 Å². The van der Waals surface area contributed by atoms with Crippen LogP contribution in [0.4, 0.5) is 4.79 Å². The molecule has 3 atom stereocenters. The van der Waals surface area contributed by atoms with Gasteiger partial charge in [-0.1, -0.05) is 20.8 Å². The van der Waals surface area contributed by atoms with Crippen LogP contribution in [0.2, 0.25) is 0 Å². The summed E-state index contributed by atoms with van der Waals surface area (Å²) < 4.78 is 5.40. The number of ether oxygens (including phenoxy) is 1. The molecule has 1 aliphatic heterocycles. The van der Waals surface area contributed by atoms with Crippen molar-refractivity contribution in [3.63, 3.8) is 0 Å². The summed E-state index contributed by atoms with van der Waals surface area (Å²) in [5.74, 6) is -1.03. The van der Waals surface area contributed by atoms with Gasteiger partial charge in [0, 0.05) is 12.6 Å². The Hall–Kier alpha value is -1.30. The molecule has 6 heteroatoms. The number of carboxylic acid groups (broad SMARTS) is 1. The molecule has 110 valence electrons. The Kier molecular flexibility index (Phi) is 5.17. The molecule has 0 aromatic carbocycles. The molecule has 2 unspecified atom stereocenters. The first-order valence-corrected chi connectivity index (χ1v) is 6.61. The van der Waals surface area contributed by atoms with Crippen LogP contribution in [-0.2, 0) is 9.53 Å². The van der Waals surface area contributed by atoms with E-state index in [2.05, 4.69) is 10.6 Å². The summed E-state index contributed by atoms with van der Waals surface area (Å²) >= 11 is 0. The van der Waals surface area contributed by atoms with Gasteiger partial charge in [0.15, 0.2) is 0 Å². The number of nitrogens with one attached hydrogen (secondary N) is 2. The van der Waals surface area contributed by atoms with Crippen LogP contribution >= 0.6 is 0 Å². The molecule has 0 radical (unpaired) electrons. The van der Waals surface area contributed by atoms with E-state index < -0.39 is 23.5 Å². The van der Waals surface area contributed by atoms with Crippen LogP contribution in [0.1, 0.15) is 40.5 Å². The van der Waals surface area contributed by atoms with E-state index in [1.54, 1.807) is 20.8 Å². The highest BCUT2D eigenvalue weighted by molar-refractivity contribution is 5.83. The van der Waals surface area contributed by atoms with Crippen molar-refractivity contribution in [2.75, 3.05) is 6.61 Å². The second kappa shape index (κ2) is 6.23. The van der Waals surface area contributed by atoms with Gasteiger partial charge < -0.3 is 20.5 Å². The number of carboxylic acids is 1. The molecule has 2 amide bonds. The van der Waals surface area contributed by atoms with Crippen LogP contribution in [-0.4, -0.2) is 41.9 Å². The van der Waals surface area contributed by atoms with Crippen molar-refractivity contribution in [1.29, 1.82) is 0 Å². The second-order valence-electron chi connectivity index (χ2n) is 6.16. The lowest BCUT2D eigenvalue weighted by molar-refractivity contribution is -0.141. The molecule has 6 nitrogen and oxygen atoms in total. The molecule has 0 saturated carbocycles. The van der Waals surface area contributed by atoms with E-state index in [0.29, 0.717) is 6.61 Å². The zero-order valence-corrected chi connectivity index (χ0v) is 12.0. The molecule has 1 aliphatic rings. The van der Waals surface area contributed by atoms with Crippen LogP contribution in [0.25, 0.3) is 0 Å². The lowest BCUT2D eigenvalue weighted by Gasteiger charge is -2.31. The van der Waals surface area contributed by atoms with Crippen molar-refractivity contribution in [2.24, 2.45) is 5.41 Å². The van der Waals surface area contributed by atoms with Crippen LogP contribution < -0.4 is 10.6 Å². The number of carbonyl (C=O) groups is 2. The van der Waals surface area contributed by atoms with E-state index in [0.717, 1.165) is 12.8 Å². The third kappa shape index (κ3) is 5.06. The van der Waals surface area contributed by atoms with Gasteiger partial charge in [-0.05, 0) is 25.2 Å². The van der Waals surface area contributed by atoms with E-state index in [9.17, 15) is 9.59 Å². The van der Waals surface area contributed by atoms with Crippen LogP contribution in [0, 0.1) is 5.41 Å². The standard InChI is InChI=1S/C13H24N2O4/c1-8-7-9(5-6-19-8)14-12(18)15-10(11(16)17)13(2,3)4/h8-10H,5-7H2,1-4H3,(H,16,17)(H2,14,15,18)/t8?,9?,10-/m1/s1. The van der Waals surface area contributed by atoms with Crippen LogP contribution in [0.3, 0.4) is 0 Å². The van der Waals surface area contributed by atoms with E-state index in [1.807, 2.05) is 6.92 Å². The molecule has 1 rings (SSSR count). The van der Waals surface area contributed by atoms with Crippen molar-refractivity contribution in [3.05, 3.63) is 0 Å². The Balaban J connectivity index is 2.51. The molecule has 0 bridgehead atoms. The van der Waals surface area contributed by atoms with Gasteiger partial charge in [0.25, 0.3) is 0 Å². The van der Waals surface area contributed by atoms with Gasteiger partial charge in [-0.3, -0.25) is 0 Å². The highest BCUT2D eigenvalue weighted by atomic mass is 16.5. The number of carbonyl (C=O) groups excluding carboxylic acids is 1. The molecule has 0 spiro atoms. The first kappa shape index (κ1) is 15.8. The number of amides is 2. The van der Waals surface area contributed by atoms with Crippen LogP contribution in [0.15, 0.2) is 0 Å². The van der Waals surface area contributed by atoms with Gasteiger partial charge in [0.05, 0.1) is 6.10 Å². The van der Waals surface area contributed by atoms with Crippen molar-refractivity contribution >= 4 is 12.0 Å². The summed E-state index contributed by atoms with van der Waals surface area (Å²) in [6.07, 6.45) is 1.63. The summed E-state index contributed by atoms with van der Waals surface area (Å²) in [5.41, 5.74) is -0.536. The quantitative estimate of drug-likeness (QED) is 0.723. The maximum Gasteiger partial charge on any atom is 0.326 e. The fourth-order valence-electron chi connectivity index (χ4n) is 2.14. The Bertz CT molecular complexity index is 338. The van der Waals surface area contributed by atoms with Crippen molar-refractivity contribution in [3.8, 4) is 0 Å². The maximum atomic E-state index is 11.9. The molecule has 0 aromatic rings. The van der Waals surface area contributed by atoms with Gasteiger partial charge in [-0.25, -0.2) is 9.59 Å². The SMILES string of the molecule is CC1CC(NC(=O)N[C@H](C(=O)O)C(C)(C)C)CCO1. The summed E-state index contributed by atoms with van der Waals surface area (Å²) in [4.78, 5) is 23.0. The van der Waals surface area contributed by atoms with E-state index in [4.69, 9.17) is 9.84 Å².